The van der Waals surface area contributed by atoms with Crippen LogP contribution in [0.3, 0.4) is 0 Å². The summed E-state index contributed by atoms with van der Waals surface area (Å²) in [6.45, 7) is 7.09. The van der Waals surface area contributed by atoms with Crippen molar-refractivity contribution in [3.05, 3.63) is 11.6 Å². The van der Waals surface area contributed by atoms with Crippen LogP contribution in [0.1, 0.15) is 34.1 Å². The van der Waals surface area contributed by atoms with Crippen LogP contribution in [0, 0.1) is 34.5 Å². The van der Waals surface area contributed by atoms with Crippen molar-refractivity contribution in [3.8, 4) is 0 Å². The van der Waals surface area contributed by atoms with Crippen molar-refractivity contribution in [1.29, 1.82) is 0 Å². The first-order valence-corrected chi connectivity index (χ1v) is 8.88. The molecule has 4 aliphatic rings. The van der Waals surface area contributed by atoms with Gasteiger partial charge in [-0.2, -0.15) is 0 Å². The molecule has 136 valence electrons. The van der Waals surface area contributed by atoms with Crippen LogP contribution in [0.4, 0.5) is 0 Å². The predicted molar refractivity (Wildman–Crippen MR) is 86.1 cm³/mol. The van der Waals surface area contributed by atoms with Gasteiger partial charge in [-0.3, -0.25) is 14.4 Å². The fraction of sp³-hybridized carbons (Fsp3) is 0.737. The summed E-state index contributed by atoms with van der Waals surface area (Å²) in [6, 6.07) is 0. The molecular weight excluding hydrogens is 324 g/mol. The van der Waals surface area contributed by atoms with Crippen molar-refractivity contribution < 1.29 is 29.3 Å². The number of hydrogen-bond acceptors (Lipinski definition) is 6. The maximum Gasteiger partial charge on any atom is 0.310 e. The Morgan fingerprint density at radius 3 is 2.48 bits per heavy atom. The summed E-state index contributed by atoms with van der Waals surface area (Å²) in [5.74, 6) is -2.93. The second-order valence-electron chi connectivity index (χ2n) is 8.73. The highest BCUT2D eigenvalue weighted by molar-refractivity contribution is 5.98. The maximum absolute atomic E-state index is 13.2. The number of allylic oxidation sites excluding steroid dienone is 1. The summed E-state index contributed by atoms with van der Waals surface area (Å²) in [5.41, 5.74) is -1.41. The summed E-state index contributed by atoms with van der Waals surface area (Å²) < 4.78 is 5.41. The number of esters is 1. The van der Waals surface area contributed by atoms with E-state index in [1.165, 1.54) is 6.08 Å². The molecule has 1 saturated heterocycles. The van der Waals surface area contributed by atoms with Crippen molar-refractivity contribution in [2.45, 2.75) is 52.4 Å². The number of fused-ring (bicyclic) bond motifs is 6. The first kappa shape index (κ1) is 16.9. The number of aliphatic hydroxyl groups excluding tert-OH is 2. The summed E-state index contributed by atoms with van der Waals surface area (Å²) >= 11 is 0. The summed E-state index contributed by atoms with van der Waals surface area (Å²) in [6.07, 6.45) is -1.54. The first-order valence-electron chi connectivity index (χ1n) is 8.88. The zero-order chi connectivity index (χ0) is 18.5. The van der Waals surface area contributed by atoms with Gasteiger partial charge in [0.05, 0.1) is 12.0 Å². The molecule has 2 saturated carbocycles. The third-order valence-electron chi connectivity index (χ3n) is 7.71. The Morgan fingerprint density at radius 2 is 1.84 bits per heavy atom. The number of rotatable bonds is 0. The van der Waals surface area contributed by atoms with E-state index in [0.717, 1.165) is 5.57 Å². The maximum atomic E-state index is 13.2. The van der Waals surface area contributed by atoms with Gasteiger partial charge >= 0.3 is 5.97 Å². The molecule has 3 fully saturated rings. The second kappa shape index (κ2) is 4.80. The van der Waals surface area contributed by atoms with Crippen molar-refractivity contribution in [2.24, 2.45) is 34.5 Å². The molecule has 1 heterocycles. The van der Waals surface area contributed by atoms with Crippen LogP contribution in [-0.2, 0) is 19.1 Å². The lowest BCUT2D eigenvalue weighted by atomic mass is 9.40. The lowest BCUT2D eigenvalue weighted by molar-refractivity contribution is -0.208. The van der Waals surface area contributed by atoms with Gasteiger partial charge < -0.3 is 14.9 Å². The molecule has 6 heteroatoms. The molecule has 3 aliphatic carbocycles. The molecule has 9 atom stereocenters. The zero-order valence-corrected chi connectivity index (χ0v) is 14.9. The molecule has 0 amide bonds. The Labute approximate surface area is 146 Å². The molecule has 0 aromatic rings. The van der Waals surface area contributed by atoms with Gasteiger partial charge in [0.2, 0.25) is 0 Å². The minimum Gasteiger partial charge on any atom is -0.459 e. The van der Waals surface area contributed by atoms with E-state index in [4.69, 9.17) is 4.74 Å². The van der Waals surface area contributed by atoms with Gasteiger partial charge in [0.1, 0.15) is 18.0 Å². The lowest BCUT2D eigenvalue weighted by Gasteiger charge is -2.62. The van der Waals surface area contributed by atoms with E-state index in [1.54, 1.807) is 20.8 Å². The van der Waals surface area contributed by atoms with Crippen molar-refractivity contribution in [3.63, 3.8) is 0 Å². The highest BCUT2D eigenvalue weighted by atomic mass is 16.6. The Kier molecular flexibility index (Phi) is 3.24. The molecule has 2 bridgehead atoms. The Hall–Kier alpha value is -1.53. The van der Waals surface area contributed by atoms with Gasteiger partial charge in [-0.15, -0.1) is 0 Å². The quantitative estimate of drug-likeness (QED) is 0.623. The average Bonchev–Trinajstić information content (AvgIpc) is 2.78. The van der Waals surface area contributed by atoms with E-state index in [0.29, 0.717) is 0 Å². The number of hydrogen-bond donors (Lipinski definition) is 2. The number of ether oxygens (including phenoxy) is 1. The molecule has 4 rings (SSSR count). The standard InChI is InChI=1S/C19H24O6/c1-7-5-10(20)16(23)18(3)9(7)6-11(21)19(4)12-8(2)14(25-17(12)24)13(22)15(18)19/h5,8-9,12-16,22-23H,6H2,1-4H3/t8-,9+,12?,13+,14-,15-,16-,18+,19+/m1/s1. The van der Waals surface area contributed by atoms with E-state index in [1.807, 2.05) is 6.92 Å². The van der Waals surface area contributed by atoms with Gasteiger partial charge in [-0.05, 0) is 18.9 Å². The van der Waals surface area contributed by atoms with Crippen molar-refractivity contribution in [2.75, 3.05) is 0 Å². The molecule has 0 aromatic carbocycles. The first-order chi connectivity index (χ1) is 11.6. The van der Waals surface area contributed by atoms with Crippen molar-refractivity contribution in [1.82, 2.24) is 0 Å². The normalized spacial score (nSPS) is 54.6. The average molecular weight is 348 g/mol. The van der Waals surface area contributed by atoms with Crippen LogP contribution in [-0.4, -0.2) is 46.1 Å². The molecule has 1 aliphatic heterocycles. The highest BCUT2D eigenvalue weighted by Crippen LogP contribution is 2.66. The number of carbonyl (C=O) groups excluding carboxylic acids is 3. The highest BCUT2D eigenvalue weighted by Gasteiger charge is 2.74. The van der Waals surface area contributed by atoms with Crippen LogP contribution in [0.25, 0.3) is 0 Å². The van der Waals surface area contributed by atoms with Gasteiger partial charge in [-0.25, -0.2) is 0 Å². The molecule has 25 heavy (non-hydrogen) atoms. The Balaban J connectivity index is 1.96. The topological polar surface area (TPSA) is 101 Å². The second-order valence-corrected chi connectivity index (χ2v) is 8.73. The van der Waals surface area contributed by atoms with Gasteiger partial charge in [-0.1, -0.05) is 26.3 Å². The molecule has 2 N–H and O–H groups in total. The fourth-order valence-corrected chi connectivity index (χ4v) is 6.55. The van der Waals surface area contributed by atoms with E-state index in [2.05, 4.69) is 0 Å². The minimum absolute atomic E-state index is 0.0949. The van der Waals surface area contributed by atoms with E-state index >= 15 is 0 Å². The van der Waals surface area contributed by atoms with E-state index in [9.17, 15) is 24.6 Å². The van der Waals surface area contributed by atoms with Crippen LogP contribution in [0.15, 0.2) is 11.6 Å². The minimum atomic E-state index is -1.31. The van der Waals surface area contributed by atoms with E-state index < -0.39 is 52.7 Å². The molecule has 0 radical (unpaired) electrons. The van der Waals surface area contributed by atoms with Crippen LogP contribution < -0.4 is 0 Å². The van der Waals surface area contributed by atoms with Crippen LogP contribution in [0.2, 0.25) is 0 Å². The lowest BCUT2D eigenvalue weighted by Crippen LogP contribution is -2.70. The largest absolute Gasteiger partial charge is 0.459 e. The smallest absolute Gasteiger partial charge is 0.310 e. The molecule has 0 spiro atoms. The SMILES string of the molecule is CC1=CC(=O)[C@@H](O)[C@]2(C)[C@H]3[C@@H](O)[C@@H]4OC(=O)C([C@H]4C)[C@]3(C)C(=O)C[C@@H]12. The summed E-state index contributed by atoms with van der Waals surface area (Å²) in [4.78, 5) is 38.0. The molecule has 1 unspecified atom stereocenters. The summed E-state index contributed by atoms with van der Waals surface area (Å²) in [5, 5.41) is 21.9. The third kappa shape index (κ3) is 1.70. The Bertz CT molecular complexity index is 725. The predicted octanol–water partition coefficient (Wildman–Crippen LogP) is 0.646. The number of ketones is 2. The van der Waals surface area contributed by atoms with Gasteiger partial charge in [0, 0.05) is 29.1 Å². The zero-order valence-electron chi connectivity index (χ0n) is 14.9. The number of Topliss-reactive ketones (excluding diaryl/α,β-unsaturated/α-hetero) is 1. The fourth-order valence-electron chi connectivity index (χ4n) is 6.55. The van der Waals surface area contributed by atoms with Crippen molar-refractivity contribution >= 4 is 17.5 Å². The molecule has 0 aromatic heterocycles. The summed E-state index contributed by atoms with van der Waals surface area (Å²) in [7, 11) is 0. The van der Waals surface area contributed by atoms with Crippen LogP contribution >= 0.6 is 0 Å². The van der Waals surface area contributed by atoms with Gasteiger partial charge in [0.15, 0.2) is 5.78 Å². The van der Waals surface area contributed by atoms with Crippen LogP contribution in [0.5, 0.6) is 0 Å². The third-order valence-corrected chi connectivity index (χ3v) is 7.71. The monoisotopic (exact) mass is 348 g/mol. The number of aliphatic hydroxyl groups is 2. The molecule has 6 nitrogen and oxygen atoms in total. The molecular formula is C19H24O6. The van der Waals surface area contributed by atoms with Gasteiger partial charge in [0.25, 0.3) is 0 Å². The number of carbonyl (C=O) groups is 3. The van der Waals surface area contributed by atoms with E-state index in [-0.39, 0.29) is 24.0 Å². The Morgan fingerprint density at radius 1 is 1.20 bits per heavy atom.